The molecule has 0 radical (unpaired) electrons. The predicted octanol–water partition coefficient (Wildman–Crippen LogP) is 4.53. The van der Waals surface area contributed by atoms with Gasteiger partial charge in [-0.05, 0) is 55.5 Å². The molecular weight excluding hydrogens is 400 g/mol. The lowest BCUT2D eigenvalue weighted by Gasteiger charge is -2.28. The molecule has 156 valence electrons. The summed E-state index contributed by atoms with van der Waals surface area (Å²) in [5.74, 6) is 3.07. The van der Waals surface area contributed by atoms with E-state index in [0.717, 1.165) is 60.9 Å². The molecule has 5 rings (SSSR count). The van der Waals surface area contributed by atoms with Crippen molar-refractivity contribution in [2.24, 2.45) is 0 Å². The van der Waals surface area contributed by atoms with Crippen molar-refractivity contribution in [2.75, 3.05) is 7.11 Å². The largest absolute Gasteiger partial charge is 0.474 e. The van der Waals surface area contributed by atoms with Crippen molar-refractivity contribution in [3.05, 3.63) is 64.8 Å². The monoisotopic (exact) mass is 424 g/mol. The van der Waals surface area contributed by atoms with Gasteiger partial charge in [0.15, 0.2) is 0 Å². The Morgan fingerprint density at radius 1 is 1.00 bits per heavy atom. The van der Waals surface area contributed by atoms with Crippen LogP contribution in [0, 0.1) is 0 Å². The number of pyridine rings is 1. The van der Waals surface area contributed by atoms with Crippen LogP contribution < -0.4 is 4.74 Å². The summed E-state index contributed by atoms with van der Waals surface area (Å²) in [6.45, 7) is 0. The summed E-state index contributed by atoms with van der Waals surface area (Å²) in [5, 5.41) is 9.93. The second-order valence-electron chi connectivity index (χ2n) is 8.11. The first-order valence-electron chi connectivity index (χ1n) is 10.5. The fourth-order valence-electron chi connectivity index (χ4n) is 4.64. The Kier molecular flexibility index (Phi) is 5.44. The van der Waals surface area contributed by atoms with E-state index in [1.165, 1.54) is 5.56 Å². The first-order chi connectivity index (χ1) is 14.7. The van der Waals surface area contributed by atoms with Crippen LogP contribution in [0.5, 0.6) is 5.88 Å². The predicted molar refractivity (Wildman–Crippen MR) is 114 cm³/mol. The molecule has 7 heteroatoms. The summed E-state index contributed by atoms with van der Waals surface area (Å²) >= 11 is 6.29. The molecule has 0 amide bonds. The third-order valence-corrected chi connectivity index (χ3v) is 6.43. The summed E-state index contributed by atoms with van der Waals surface area (Å²) < 4.78 is 14.0. The van der Waals surface area contributed by atoms with Crippen molar-refractivity contribution in [2.45, 2.75) is 56.7 Å². The molecule has 30 heavy (non-hydrogen) atoms. The van der Waals surface area contributed by atoms with Crippen molar-refractivity contribution in [3.8, 4) is 11.6 Å². The lowest BCUT2D eigenvalue weighted by Crippen LogP contribution is -2.25. The average Bonchev–Trinajstić information content (AvgIpc) is 3.11. The van der Waals surface area contributed by atoms with Crippen LogP contribution in [-0.2, 0) is 17.6 Å². The zero-order chi connectivity index (χ0) is 20.5. The number of rotatable bonds is 4. The summed E-state index contributed by atoms with van der Waals surface area (Å²) in [7, 11) is 1.75. The Hall–Kier alpha value is -2.44. The topological polar surface area (TPSA) is 62.1 Å². The minimum atomic E-state index is 0.0722. The Balaban J connectivity index is 1.39. The zero-order valence-corrected chi connectivity index (χ0v) is 17.8. The highest BCUT2D eigenvalue weighted by Crippen LogP contribution is 2.37. The van der Waals surface area contributed by atoms with Gasteiger partial charge in [-0.15, -0.1) is 10.2 Å². The number of nitrogens with zero attached hydrogens (tertiary/aromatic N) is 4. The van der Waals surface area contributed by atoms with Crippen molar-refractivity contribution < 1.29 is 9.47 Å². The smallest absolute Gasteiger partial charge is 0.213 e. The third kappa shape index (κ3) is 3.82. The summed E-state index contributed by atoms with van der Waals surface area (Å²) in [5.41, 5.74) is 2.31. The van der Waals surface area contributed by atoms with Crippen molar-refractivity contribution >= 4 is 11.6 Å². The van der Waals surface area contributed by atoms with Crippen LogP contribution in [0.1, 0.15) is 48.8 Å². The summed E-state index contributed by atoms with van der Waals surface area (Å²) in [4.78, 5) is 4.29. The van der Waals surface area contributed by atoms with Gasteiger partial charge in [-0.3, -0.25) is 4.57 Å². The van der Waals surface area contributed by atoms with Gasteiger partial charge in [0.2, 0.25) is 5.88 Å². The SMILES string of the molecule is CO[C@H]1Cc2cc(Cl)ccc2-n2c(nnc2[C@H]2CC[C@H](Oc3ccccn3)CC2)C1. The van der Waals surface area contributed by atoms with Crippen LogP contribution >= 0.6 is 11.6 Å². The van der Waals surface area contributed by atoms with E-state index < -0.39 is 0 Å². The average molecular weight is 425 g/mol. The molecule has 1 aliphatic carbocycles. The Morgan fingerprint density at radius 3 is 2.63 bits per heavy atom. The van der Waals surface area contributed by atoms with E-state index in [0.29, 0.717) is 11.8 Å². The quantitative estimate of drug-likeness (QED) is 0.615. The van der Waals surface area contributed by atoms with E-state index >= 15 is 0 Å². The number of halogens is 1. The van der Waals surface area contributed by atoms with Gasteiger partial charge in [-0.1, -0.05) is 17.7 Å². The van der Waals surface area contributed by atoms with Crippen LogP contribution in [-0.4, -0.2) is 39.1 Å². The molecular formula is C23H25ClN4O2. The van der Waals surface area contributed by atoms with Crippen LogP contribution in [0.15, 0.2) is 42.6 Å². The molecule has 2 aliphatic rings. The third-order valence-electron chi connectivity index (χ3n) is 6.19. The van der Waals surface area contributed by atoms with Crippen LogP contribution in [0.3, 0.4) is 0 Å². The second kappa shape index (κ2) is 8.36. The number of aromatic nitrogens is 4. The molecule has 1 aliphatic heterocycles. The fourth-order valence-corrected chi connectivity index (χ4v) is 4.83. The molecule has 1 saturated carbocycles. The Labute approximate surface area is 181 Å². The molecule has 0 unspecified atom stereocenters. The zero-order valence-electron chi connectivity index (χ0n) is 17.0. The van der Waals surface area contributed by atoms with Crippen LogP contribution in [0.4, 0.5) is 0 Å². The molecule has 2 aromatic heterocycles. The lowest BCUT2D eigenvalue weighted by molar-refractivity contribution is 0.103. The highest BCUT2D eigenvalue weighted by molar-refractivity contribution is 6.30. The Morgan fingerprint density at radius 2 is 1.87 bits per heavy atom. The first-order valence-corrected chi connectivity index (χ1v) is 10.9. The van der Waals surface area contributed by atoms with Crippen LogP contribution in [0.25, 0.3) is 5.69 Å². The number of fused-ring (bicyclic) bond motifs is 3. The molecule has 6 nitrogen and oxygen atoms in total. The highest BCUT2D eigenvalue weighted by Gasteiger charge is 2.31. The first kappa shape index (κ1) is 19.5. The lowest BCUT2D eigenvalue weighted by atomic mass is 9.86. The van der Waals surface area contributed by atoms with Gasteiger partial charge in [0.1, 0.15) is 17.8 Å². The van der Waals surface area contributed by atoms with E-state index in [4.69, 9.17) is 21.1 Å². The minimum absolute atomic E-state index is 0.0722. The van der Waals surface area contributed by atoms with E-state index in [1.807, 2.05) is 30.3 Å². The molecule has 0 saturated heterocycles. The van der Waals surface area contributed by atoms with Crippen molar-refractivity contribution in [1.29, 1.82) is 0 Å². The maximum atomic E-state index is 6.29. The number of hydrogen-bond donors (Lipinski definition) is 0. The summed E-state index contributed by atoms with van der Waals surface area (Å²) in [6.07, 6.45) is 7.61. The van der Waals surface area contributed by atoms with Gasteiger partial charge >= 0.3 is 0 Å². The maximum Gasteiger partial charge on any atom is 0.213 e. The van der Waals surface area contributed by atoms with Crippen LogP contribution in [0.2, 0.25) is 5.02 Å². The van der Waals surface area contributed by atoms with Gasteiger partial charge < -0.3 is 9.47 Å². The maximum absolute atomic E-state index is 6.29. The van der Waals surface area contributed by atoms with E-state index in [9.17, 15) is 0 Å². The molecule has 0 N–H and O–H groups in total. The molecule has 0 spiro atoms. The fraction of sp³-hybridized carbons (Fsp3) is 0.435. The van der Waals surface area contributed by atoms with E-state index in [-0.39, 0.29) is 12.2 Å². The van der Waals surface area contributed by atoms with Crippen molar-refractivity contribution in [1.82, 2.24) is 19.7 Å². The van der Waals surface area contributed by atoms with Gasteiger partial charge in [0.05, 0.1) is 11.8 Å². The molecule has 0 bridgehead atoms. The van der Waals surface area contributed by atoms with Gasteiger partial charge in [0, 0.05) is 43.2 Å². The van der Waals surface area contributed by atoms with E-state index in [2.05, 4.69) is 25.8 Å². The minimum Gasteiger partial charge on any atom is -0.474 e. The number of hydrogen-bond acceptors (Lipinski definition) is 5. The standard InChI is InChI=1S/C23H25ClN4O2/c1-29-19-13-16-12-17(24)7-10-20(16)28-21(14-19)26-27-23(28)15-5-8-18(9-6-15)30-22-4-2-3-11-25-22/h2-4,7,10-12,15,18-19H,5-6,8-9,13-14H2,1H3/t15-,18-,19-/m0/s1. The molecule has 3 heterocycles. The summed E-state index contributed by atoms with van der Waals surface area (Å²) in [6, 6.07) is 11.8. The highest BCUT2D eigenvalue weighted by atomic mass is 35.5. The van der Waals surface area contributed by atoms with Crippen molar-refractivity contribution in [3.63, 3.8) is 0 Å². The number of ether oxygens (including phenoxy) is 2. The number of methoxy groups -OCH3 is 1. The molecule has 1 aromatic carbocycles. The normalized spacial score (nSPS) is 23.3. The molecule has 3 aromatic rings. The molecule has 1 atom stereocenters. The number of benzene rings is 1. The molecule has 1 fully saturated rings. The van der Waals surface area contributed by atoms with Gasteiger partial charge in [-0.25, -0.2) is 4.98 Å². The Bertz CT molecular complexity index is 1020. The van der Waals surface area contributed by atoms with Gasteiger partial charge in [-0.2, -0.15) is 0 Å². The second-order valence-corrected chi connectivity index (χ2v) is 8.54. The van der Waals surface area contributed by atoms with Gasteiger partial charge in [0.25, 0.3) is 0 Å². The van der Waals surface area contributed by atoms with E-state index in [1.54, 1.807) is 13.3 Å².